The Hall–Kier alpha value is -0.0757. The average Bonchev–Trinajstić information content (AvgIpc) is 1.41. The van der Waals surface area contributed by atoms with Crippen molar-refractivity contribution in [2.24, 2.45) is 0 Å². The summed E-state index contributed by atoms with van der Waals surface area (Å²) >= 11 is 1.75. The molecule has 0 aliphatic heterocycles. The van der Waals surface area contributed by atoms with Gasteiger partial charge in [-0.05, 0) is 0 Å². The van der Waals surface area contributed by atoms with Crippen LogP contribution in [0.3, 0.4) is 0 Å². The van der Waals surface area contributed by atoms with E-state index in [1.165, 1.54) is 0 Å². The van der Waals surface area contributed by atoms with Crippen LogP contribution in [0.15, 0.2) is 0 Å². The van der Waals surface area contributed by atoms with Crippen LogP contribution in [0.25, 0.3) is 0 Å². The first-order valence-electron chi connectivity index (χ1n) is 1.12. The molecule has 0 rings (SSSR count). The number of carbonyl (C=O) groups excluding carboxylic acids is 1. The van der Waals surface area contributed by atoms with Gasteiger partial charge in [0.05, 0.1) is 0 Å². The maximum absolute atomic E-state index is 8.78. The molecule has 2 nitrogen and oxygen atoms in total. The Balaban J connectivity index is 0. The number of carboxylic acid groups (broad SMARTS) is 1. The molecule has 6 heavy (non-hydrogen) atoms. The van der Waals surface area contributed by atoms with E-state index in [-0.39, 0.29) is 0 Å². The summed E-state index contributed by atoms with van der Waals surface area (Å²) in [6, 6.07) is 0. The molecule has 0 aliphatic rings. The van der Waals surface area contributed by atoms with Gasteiger partial charge in [0.2, 0.25) is 0 Å². The van der Waals surface area contributed by atoms with E-state index < -0.39 is 5.97 Å². The monoisotopic (exact) mass is 120 g/mol. The minimum atomic E-state index is -1.33. The fourth-order valence-electron chi connectivity index (χ4n) is 0. The second-order valence-corrected chi connectivity index (χ2v) is 0.372. The zero-order valence-electron chi connectivity index (χ0n) is 3.23. The van der Waals surface area contributed by atoms with Crippen molar-refractivity contribution in [2.75, 3.05) is 0 Å². The molecule has 0 saturated carbocycles. The van der Waals surface area contributed by atoms with Gasteiger partial charge in [-0.3, -0.25) is 0 Å². The number of hydrogen-bond acceptors (Lipinski definition) is 2. The van der Waals surface area contributed by atoms with Crippen LogP contribution in [0.4, 0.5) is 0 Å². The zero-order chi connectivity index (χ0) is 5.58. The molecule has 0 bridgehead atoms. The molecule has 0 heterocycles. The van der Waals surface area contributed by atoms with Crippen molar-refractivity contribution in [2.45, 2.75) is 0 Å². The molecule has 0 spiro atoms. The molecule has 0 atom stereocenters. The number of aliphatic carboxylic acids is 1. The molecule has 0 amide bonds. The molecule has 0 unspecified atom stereocenters. The molecule has 0 radical (unpaired) electrons. The molecule has 0 saturated heterocycles. The van der Waals surface area contributed by atoms with E-state index in [0.717, 1.165) is 0 Å². The van der Waals surface area contributed by atoms with E-state index in [4.69, 9.17) is 9.90 Å². The maximum atomic E-state index is 8.78. The molecular formula is C3H4O2Ti-. The van der Waals surface area contributed by atoms with Crippen LogP contribution >= 0.6 is 0 Å². The minimum absolute atomic E-state index is 1.33. The summed E-state index contributed by atoms with van der Waals surface area (Å²) in [7, 11) is 0. The normalized spacial score (nSPS) is 5.00. The van der Waals surface area contributed by atoms with E-state index in [1.807, 2.05) is 0 Å². The molecular weight excluding hydrogens is 116 g/mol. The van der Waals surface area contributed by atoms with E-state index in [9.17, 15) is 0 Å². The van der Waals surface area contributed by atoms with E-state index >= 15 is 0 Å². The fourth-order valence-corrected chi connectivity index (χ4v) is 0. The quantitative estimate of drug-likeness (QED) is 0.289. The van der Waals surface area contributed by atoms with Crippen molar-refractivity contribution in [3.8, 4) is 0 Å². The van der Waals surface area contributed by atoms with Gasteiger partial charge in [-0.2, -0.15) is 0 Å². The number of carboxylic acids is 1. The number of carbonyl (C=O) groups is 1. The summed E-state index contributed by atoms with van der Waals surface area (Å²) in [4.78, 5) is 12.0. The van der Waals surface area contributed by atoms with Crippen molar-refractivity contribution in [1.29, 1.82) is 0 Å². The van der Waals surface area contributed by atoms with Gasteiger partial charge in [-0.1, -0.05) is 0 Å². The van der Waals surface area contributed by atoms with Crippen molar-refractivity contribution in [3.05, 3.63) is 6.92 Å². The second-order valence-electron chi connectivity index (χ2n) is 0.372. The predicted molar refractivity (Wildman–Crippen MR) is 17.5 cm³/mol. The first kappa shape index (κ1) is 9.33. The summed E-state index contributed by atoms with van der Waals surface area (Å²) in [5.41, 5.74) is 0. The van der Waals surface area contributed by atoms with Crippen LogP contribution in [0, 0.1) is 6.92 Å². The Morgan fingerprint density at radius 2 is 1.83 bits per heavy atom. The summed E-state index contributed by atoms with van der Waals surface area (Å²) in [5, 5.41) is 8.78. The molecule has 0 aromatic rings. The Morgan fingerprint density at radius 3 is 1.83 bits per heavy atom. The van der Waals surface area contributed by atoms with Gasteiger partial charge in [0.15, 0.2) is 0 Å². The van der Waals surface area contributed by atoms with Crippen molar-refractivity contribution in [1.82, 2.24) is 0 Å². The molecule has 0 aromatic heterocycles. The molecule has 0 aromatic carbocycles. The molecule has 33 valence electrons. The van der Waals surface area contributed by atoms with Crippen LogP contribution in [0.1, 0.15) is 0 Å². The first-order chi connectivity index (χ1) is 2.73. The van der Waals surface area contributed by atoms with Crippen LogP contribution in [0.2, 0.25) is 0 Å². The summed E-state index contributed by atoms with van der Waals surface area (Å²) < 4.78 is 0. The molecule has 0 N–H and O–H groups in total. The van der Waals surface area contributed by atoms with Gasteiger partial charge in [-0.25, -0.2) is 0 Å². The van der Waals surface area contributed by atoms with Crippen LogP contribution in [-0.4, -0.2) is 10.8 Å². The third-order valence-corrected chi connectivity index (χ3v) is 0. The zero-order valence-corrected chi connectivity index (χ0v) is 4.79. The van der Waals surface area contributed by atoms with Crippen molar-refractivity contribution in [3.63, 3.8) is 0 Å². The third-order valence-electron chi connectivity index (χ3n) is 0. The summed E-state index contributed by atoms with van der Waals surface area (Å²) in [6.45, 7) is 2.44. The summed E-state index contributed by atoms with van der Waals surface area (Å²) in [5.74, 6) is -1.33. The molecule has 3 heteroatoms. The van der Waals surface area contributed by atoms with E-state index in [0.29, 0.717) is 0 Å². The topological polar surface area (TPSA) is 40.1 Å². The number of hydrogen-bond donors (Lipinski definition) is 0. The van der Waals surface area contributed by atoms with Gasteiger partial charge in [-0.15, -0.1) is 5.97 Å². The van der Waals surface area contributed by atoms with Crippen molar-refractivity contribution >= 4 is 10.8 Å². The van der Waals surface area contributed by atoms with E-state index in [1.54, 1.807) is 20.0 Å². The Bertz CT molecular complexity index is 40.1. The first-order valence-corrected chi connectivity index (χ1v) is 2.22. The van der Waals surface area contributed by atoms with Gasteiger partial charge in [0.1, 0.15) is 0 Å². The number of rotatable bonds is 0. The molecule has 0 aliphatic carbocycles. The SMILES string of the molecule is [CH2-]C(=O)[O-].[CH2]=[Ti+]. The van der Waals surface area contributed by atoms with Crippen molar-refractivity contribution < 1.29 is 29.9 Å². The Morgan fingerprint density at radius 1 is 1.83 bits per heavy atom. The standard InChI is InChI=1S/C2H3O2.CH2.Ti/c1-2(3)4;;/h1H2,(H,3,4);1H2;/q-1;;+1/p-1. The average molecular weight is 120 g/mol. The Labute approximate surface area is 48.1 Å². The van der Waals surface area contributed by atoms with Gasteiger partial charge >= 0.3 is 24.8 Å². The second kappa shape index (κ2) is 8.87. The predicted octanol–water partition coefficient (Wildman–Crippen LogP) is -1.46. The molecule has 0 fully saturated rings. The van der Waals surface area contributed by atoms with Crippen LogP contribution in [-0.2, 0) is 24.8 Å². The van der Waals surface area contributed by atoms with Gasteiger partial charge in [0.25, 0.3) is 0 Å². The summed E-state index contributed by atoms with van der Waals surface area (Å²) in [6.07, 6.45) is 0. The van der Waals surface area contributed by atoms with Crippen LogP contribution < -0.4 is 5.11 Å². The van der Waals surface area contributed by atoms with Gasteiger partial charge < -0.3 is 16.8 Å². The van der Waals surface area contributed by atoms with Gasteiger partial charge in [0, 0.05) is 0 Å². The van der Waals surface area contributed by atoms with E-state index in [2.05, 4.69) is 11.7 Å². The van der Waals surface area contributed by atoms with Crippen LogP contribution in [0.5, 0.6) is 0 Å². The fraction of sp³-hybridized carbons (Fsp3) is 0. The Kier molecular flexibility index (Phi) is 13.8. The third kappa shape index (κ3) is 5850.